The summed E-state index contributed by atoms with van der Waals surface area (Å²) in [6, 6.07) is 5.95. The highest BCUT2D eigenvalue weighted by Gasteiger charge is 2.24. The molecule has 0 saturated heterocycles. The lowest BCUT2D eigenvalue weighted by Gasteiger charge is -2.25. The number of hydrogen-bond acceptors (Lipinski definition) is 2. The zero-order valence-corrected chi connectivity index (χ0v) is 8.40. The average Bonchev–Trinajstić information content (AvgIpc) is 2.20. The largest absolute Gasteiger partial charge is 0.385 e. The fourth-order valence-corrected chi connectivity index (χ4v) is 1.87. The summed E-state index contributed by atoms with van der Waals surface area (Å²) in [4.78, 5) is 0. The molecule has 0 aliphatic heterocycles. The van der Waals surface area contributed by atoms with Crippen LogP contribution in [-0.4, -0.2) is 18.3 Å². The van der Waals surface area contributed by atoms with Crippen LogP contribution < -0.4 is 0 Å². The van der Waals surface area contributed by atoms with Crippen LogP contribution in [0.2, 0.25) is 0 Å². The number of aliphatic hydroxyl groups excluding tert-OH is 1. The minimum atomic E-state index is -0.542. The molecule has 1 aromatic rings. The number of aliphatic hydroxyl groups is 1. The summed E-state index contributed by atoms with van der Waals surface area (Å²) in [7, 11) is 1.61. The lowest BCUT2D eigenvalue weighted by atomic mass is 9.90. The molecule has 1 aromatic carbocycles. The van der Waals surface area contributed by atoms with E-state index in [1.54, 1.807) is 7.11 Å². The number of rotatable bonds is 1. The van der Waals surface area contributed by atoms with E-state index in [1.807, 2.05) is 37.3 Å². The highest BCUT2D eigenvalue weighted by Crippen LogP contribution is 2.30. The van der Waals surface area contributed by atoms with Gasteiger partial charge in [0.2, 0.25) is 0 Å². The highest BCUT2D eigenvalue weighted by molar-refractivity contribution is 5.61. The van der Waals surface area contributed by atoms with Gasteiger partial charge in [0.1, 0.15) is 12.2 Å². The molecule has 2 rings (SSSR count). The van der Waals surface area contributed by atoms with Gasteiger partial charge in [0, 0.05) is 7.11 Å². The number of benzene rings is 1. The summed E-state index contributed by atoms with van der Waals surface area (Å²) in [6.07, 6.45) is 3.16. The molecule has 1 aliphatic carbocycles. The first-order chi connectivity index (χ1) is 6.74. The SMILES string of the molecule is CO[C@H]1C=Cc2c(C)cccc2[C@@H]1O. The third kappa shape index (κ3) is 1.37. The molecular weight excluding hydrogens is 176 g/mol. The van der Waals surface area contributed by atoms with Gasteiger partial charge < -0.3 is 9.84 Å². The van der Waals surface area contributed by atoms with Crippen molar-refractivity contribution >= 4 is 6.08 Å². The second-order valence-electron chi connectivity index (χ2n) is 3.58. The molecule has 0 heterocycles. The molecule has 0 radical (unpaired) electrons. The van der Waals surface area contributed by atoms with Gasteiger partial charge in [0.25, 0.3) is 0 Å². The summed E-state index contributed by atoms with van der Waals surface area (Å²) in [5.41, 5.74) is 3.26. The van der Waals surface area contributed by atoms with Crippen LogP contribution in [-0.2, 0) is 4.74 Å². The number of methoxy groups -OCH3 is 1. The Morgan fingerprint density at radius 3 is 2.86 bits per heavy atom. The normalized spacial score (nSPS) is 24.8. The molecule has 0 aromatic heterocycles. The highest BCUT2D eigenvalue weighted by atomic mass is 16.5. The van der Waals surface area contributed by atoms with Gasteiger partial charge in [-0.3, -0.25) is 0 Å². The van der Waals surface area contributed by atoms with Crippen LogP contribution in [0.25, 0.3) is 6.08 Å². The summed E-state index contributed by atoms with van der Waals surface area (Å²) >= 11 is 0. The zero-order valence-electron chi connectivity index (χ0n) is 8.40. The number of aryl methyl sites for hydroxylation is 1. The molecule has 2 atom stereocenters. The second kappa shape index (κ2) is 3.56. The van der Waals surface area contributed by atoms with Crippen molar-refractivity contribution < 1.29 is 9.84 Å². The third-order valence-electron chi connectivity index (χ3n) is 2.71. The van der Waals surface area contributed by atoms with Crippen LogP contribution in [0.1, 0.15) is 22.8 Å². The first kappa shape index (κ1) is 9.44. The van der Waals surface area contributed by atoms with Gasteiger partial charge in [-0.2, -0.15) is 0 Å². The smallest absolute Gasteiger partial charge is 0.109 e. The molecule has 1 N–H and O–H groups in total. The van der Waals surface area contributed by atoms with Crippen LogP contribution >= 0.6 is 0 Å². The van der Waals surface area contributed by atoms with E-state index in [9.17, 15) is 5.11 Å². The van der Waals surface area contributed by atoms with E-state index in [2.05, 4.69) is 0 Å². The lowest BCUT2D eigenvalue weighted by molar-refractivity contribution is 0.0149. The molecule has 0 fully saturated rings. The monoisotopic (exact) mass is 190 g/mol. The van der Waals surface area contributed by atoms with E-state index in [1.165, 1.54) is 5.56 Å². The molecular formula is C12H14O2. The van der Waals surface area contributed by atoms with Crippen LogP contribution in [0.4, 0.5) is 0 Å². The van der Waals surface area contributed by atoms with Gasteiger partial charge in [-0.1, -0.05) is 30.4 Å². The standard InChI is InChI=1S/C12H14O2/c1-8-4-3-5-10-9(8)6-7-11(14-2)12(10)13/h3-7,11-13H,1-2H3/t11-,12-/m0/s1. The first-order valence-corrected chi connectivity index (χ1v) is 4.72. The molecule has 1 aliphatic rings. The molecule has 74 valence electrons. The number of hydrogen-bond donors (Lipinski definition) is 1. The lowest BCUT2D eigenvalue weighted by Crippen LogP contribution is -2.22. The fourth-order valence-electron chi connectivity index (χ4n) is 1.87. The Labute approximate surface area is 83.8 Å². The molecule has 14 heavy (non-hydrogen) atoms. The van der Waals surface area contributed by atoms with E-state index < -0.39 is 6.10 Å². The summed E-state index contributed by atoms with van der Waals surface area (Å²) in [5.74, 6) is 0. The van der Waals surface area contributed by atoms with E-state index in [0.717, 1.165) is 11.1 Å². The van der Waals surface area contributed by atoms with E-state index >= 15 is 0 Å². The Bertz CT molecular complexity index is 369. The summed E-state index contributed by atoms with van der Waals surface area (Å²) in [5, 5.41) is 9.97. The van der Waals surface area contributed by atoms with Crippen LogP contribution in [0.15, 0.2) is 24.3 Å². The van der Waals surface area contributed by atoms with Crippen molar-refractivity contribution in [2.45, 2.75) is 19.1 Å². The number of fused-ring (bicyclic) bond motifs is 1. The maximum atomic E-state index is 9.97. The predicted octanol–water partition coefficient (Wildman–Crippen LogP) is 2.07. The van der Waals surface area contributed by atoms with Crippen molar-refractivity contribution in [3.8, 4) is 0 Å². The molecule has 0 amide bonds. The molecule has 0 saturated carbocycles. The second-order valence-corrected chi connectivity index (χ2v) is 3.58. The van der Waals surface area contributed by atoms with Crippen molar-refractivity contribution in [2.75, 3.05) is 7.11 Å². The Morgan fingerprint density at radius 1 is 1.36 bits per heavy atom. The van der Waals surface area contributed by atoms with Gasteiger partial charge in [-0.15, -0.1) is 0 Å². The average molecular weight is 190 g/mol. The predicted molar refractivity (Wildman–Crippen MR) is 56.0 cm³/mol. The minimum absolute atomic E-state index is 0.218. The summed E-state index contributed by atoms with van der Waals surface area (Å²) < 4.78 is 5.16. The van der Waals surface area contributed by atoms with Crippen LogP contribution in [0.5, 0.6) is 0 Å². The van der Waals surface area contributed by atoms with Crippen molar-refractivity contribution in [1.82, 2.24) is 0 Å². The molecule has 2 nitrogen and oxygen atoms in total. The van der Waals surface area contributed by atoms with Crippen molar-refractivity contribution in [3.63, 3.8) is 0 Å². The van der Waals surface area contributed by atoms with Gasteiger partial charge >= 0.3 is 0 Å². The van der Waals surface area contributed by atoms with Crippen molar-refractivity contribution in [2.24, 2.45) is 0 Å². The van der Waals surface area contributed by atoms with Crippen molar-refractivity contribution in [3.05, 3.63) is 41.0 Å². The Balaban J connectivity index is 2.49. The van der Waals surface area contributed by atoms with Gasteiger partial charge in [0.15, 0.2) is 0 Å². The van der Waals surface area contributed by atoms with E-state index in [-0.39, 0.29) is 6.10 Å². The van der Waals surface area contributed by atoms with E-state index in [4.69, 9.17) is 4.74 Å². The topological polar surface area (TPSA) is 29.5 Å². The van der Waals surface area contributed by atoms with Crippen LogP contribution in [0, 0.1) is 6.92 Å². The fraction of sp³-hybridized carbons (Fsp3) is 0.333. The molecule has 0 bridgehead atoms. The quantitative estimate of drug-likeness (QED) is 0.734. The Morgan fingerprint density at radius 2 is 2.14 bits per heavy atom. The van der Waals surface area contributed by atoms with Gasteiger partial charge in [-0.25, -0.2) is 0 Å². The Kier molecular flexibility index (Phi) is 2.40. The maximum absolute atomic E-state index is 9.97. The Hall–Kier alpha value is -1.12. The van der Waals surface area contributed by atoms with Gasteiger partial charge in [-0.05, 0) is 23.6 Å². The maximum Gasteiger partial charge on any atom is 0.109 e. The van der Waals surface area contributed by atoms with Gasteiger partial charge in [0.05, 0.1) is 0 Å². The zero-order chi connectivity index (χ0) is 10.1. The van der Waals surface area contributed by atoms with Crippen molar-refractivity contribution in [1.29, 1.82) is 0 Å². The molecule has 0 spiro atoms. The minimum Gasteiger partial charge on any atom is -0.385 e. The van der Waals surface area contributed by atoms with Crippen LogP contribution in [0.3, 0.4) is 0 Å². The third-order valence-corrected chi connectivity index (χ3v) is 2.71. The molecule has 2 heteroatoms. The number of ether oxygens (including phenoxy) is 1. The summed E-state index contributed by atoms with van der Waals surface area (Å²) in [6.45, 7) is 2.04. The first-order valence-electron chi connectivity index (χ1n) is 4.72. The van der Waals surface area contributed by atoms with E-state index in [0.29, 0.717) is 0 Å². The molecule has 0 unspecified atom stereocenters.